The Bertz CT molecular complexity index is 234. The van der Waals surface area contributed by atoms with Crippen LogP contribution in [-0.2, 0) is 9.53 Å². The van der Waals surface area contributed by atoms with Gasteiger partial charge in [0.1, 0.15) is 0 Å². The summed E-state index contributed by atoms with van der Waals surface area (Å²) in [6, 6.07) is 0. The molecule has 1 saturated heterocycles. The first-order valence-corrected chi connectivity index (χ1v) is 4.70. The van der Waals surface area contributed by atoms with Gasteiger partial charge in [-0.05, 0) is 0 Å². The molecule has 0 aliphatic carbocycles. The molecule has 1 heterocycles. The van der Waals surface area contributed by atoms with Gasteiger partial charge in [0, 0.05) is 25.4 Å². The van der Waals surface area contributed by atoms with Crippen molar-refractivity contribution in [1.82, 2.24) is 4.90 Å². The van der Waals surface area contributed by atoms with E-state index < -0.39 is 0 Å². The summed E-state index contributed by atoms with van der Waals surface area (Å²) in [5.41, 5.74) is 0. The molecule has 0 aromatic rings. The topological polar surface area (TPSA) is 49.8 Å². The van der Waals surface area contributed by atoms with Gasteiger partial charge in [0.2, 0.25) is 5.91 Å². The Morgan fingerprint density at radius 3 is 3.00 bits per heavy atom. The minimum atomic E-state index is 0.0148. The zero-order chi connectivity index (χ0) is 10.4. The lowest BCUT2D eigenvalue weighted by molar-refractivity contribution is -0.128. The van der Waals surface area contributed by atoms with Gasteiger partial charge >= 0.3 is 0 Å². The van der Waals surface area contributed by atoms with Crippen LogP contribution in [0, 0.1) is 18.3 Å². The van der Waals surface area contributed by atoms with Crippen molar-refractivity contribution in [2.75, 3.05) is 32.9 Å². The molecule has 0 saturated carbocycles. The number of aliphatic hydroxyl groups is 1. The summed E-state index contributed by atoms with van der Waals surface area (Å²) < 4.78 is 5.07. The summed E-state index contributed by atoms with van der Waals surface area (Å²) in [4.78, 5) is 13.0. The SMILES string of the molecule is C#CC1CC(=O)N(CCOCCO)C1. The molecular weight excluding hydrogens is 182 g/mol. The van der Waals surface area contributed by atoms with Crippen molar-refractivity contribution in [3.63, 3.8) is 0 Å². The molecule has 78 valence electrons. The molecule has 1 atom stereocenters. The van der Waals surface area contributed by atoms with E-state index in [1.54, 1.807) is 4.90 Å². The Morgan fingerprint density at radius 2 is 2.43 bits per heavy atom. The first-order chi connectivity index (χ1) is 6.77. The van der Waals surface area contributed by atoms with Gasteiger partial charge in [-0.25, -0.2) is 0 Å². The van der Waals surface area contributed by atoms with Crippen LogP contribution < -0.4 is 0 Å². The molecular formula is C10H15NO3. The minimum Gasteiger partial charge on any atom is -0.394 e. The van der Waals surface area contributed by atoms with Crippen molar-refractivity contribution >= 4 is 5.91 Å². The van der Waals surface area contributed by atoms with Crippen LogP contribution in [0.1, 0.15) is 6.42 Å². The number of rotatable bonds is 5. The molecule has 4 nitrogen and oxygen atoms in total. The number of carbonyl (C=O) groups excluding carboxylic acids is 1. The second kappa shape index (κ2) is 5.63. The van der Waals surface area contributed by atoms with E-state index in [0.717, 1.165) is 0 Å². The highest BCUT2D eigenvalue weighted by atomic mass is 16.5. The second-order valence-corrected chi connectivity index (χ2v) is 3.24. The predicted octanol–water partition coefficient (Wildman–Crippen LogP) is -0.523. The Balaban J connectivity index is 2.19. The van der Waals surface area contributed by atoms with Crippen LogP contribution in [0.25, 0.3) is 0 Å². The number of aliphatic hydroxyl groups excluding tert-OH is 1. The largest absolute Gasteiger partial charge is 0.394 e. The zero-order valence-corrected chi connectivity index (χ0v) is 8.11. The van der Waals surface area contributed by atoms with Crippen molar-refractivity contribution in [2.45, 2.75) is 6.42 Å². The Hall–Kier alpha value is -1.05. The molecule has 14 heavy (non-hydrogen) atoms. The zero-order valence-electron chi connectivity index (χ0n) is 8.11. The first kappa shape index (κ1) is 11.0. The van der Waals surface area contributed by atoms with E-state index in [0.29, 0.717) is 32.7 Å². The highest BCUT2D eigenvalue weighted by molar-refractivity contribution is 5.79. The van der Waals surface area contributed by atoms with Crippen LogP contribution in [-0.4, -0.2) is 48.8 Å². The standard InChI is InChI=1S/C10H15NO3/c1-2-9-7-10(13)11(8-9)3-5-14-6-4-12/h1,9,12H,3-8H2. The number of ether oxygens (including phenoxy) is 1. The number of hydrogen-bond acceptors (Lipinski definition) is 3. The van der Waals surface area contributed by atoms with Crippen molar-refractivity contribution in [1.29, 1.82) is 0 Å². The fourth-order valence-corrected chi connectivity index (χ4v) is 1.44. The van der Waals surface area contributed by atoms with Gasteiger partial charge in [0.25, 0.3) is 0 Å². The number of likely N-dealkylation sites (tertiary alicyclic amines) is 1. The number of amides is 1. The lowest BCUT2D eigenvalue weighted by atomic mass is 10.1. The van der Waals surface area contributed by atoms with Crippen molar-refractivity contribution in [3.05, 3.63) is 0 Å². The molecule has 0 spiro atoms. The Morgan fingerprint density at radius 1 is 1.64 bits per heavy atom. The molecule has 1 N–H and O–H groups in total. The fourth-order valence-electron chi connectivity index (χ4n) is 1.44. The molecule has 0 aromatic heterocycles. The highest BCUT2D eigenvalue weighted by Crippen LogP contribution is 2.15. The first-order valence-electron chi connectivity index (χ1n) is 4.70. The van der Waals surface area contributed by atoms with Gasteiger partial charge in [-0.3, -0.25) is 4.79 Å². The molecule has 1 aliphatic rings. The van der Waals surface area contributed by atoms with Crippen LogP contribution in [0.2, 0.25) is 0 Å². The maximum Gasteiger partial charge on any atom is 0.224 e. The lowest BCUT2D eigenvalue weighted by Crippen LogP contribution is -2.29. The summed E-state index contributed by atoms with van der Waals surface area (Å²) in [5.74, 6) is 2.74. The smallest absolute Gasteiger partial charge is 0.224 e. The molecule has 0 aromatic carbocycles. The fraction of sp³-hybridized carbons (Fsp3) is 0.700. The van der Waals surface area contributed by atoms with E-state index >= 15 is 0 Å². The number of hydrogen-bond donors (Lipinski definition) is 1. The van der Waals surface area contributed by atoms with E-state index in [1.807, 2.05) is 0 Å². The van der Waals surface area contributed by atoms with Gasteiger partial charge in [0.05, 0.1) is 19.8 Å². The second-order valence-electron chi connectivity index (χ2n) is 3.24. The van der Waals surface area contributed by atoms with Crippen LogP contribution in [0.5, 0.6) is 0 Å². The average molecular weight is 197 g/mol. The Kier molecular flexibility index (Phi) is 4.44. The van der Waals surface area contributed by atoms with Crippen molar-refractivity contribution in [3.8, 4) is 12.3 Å². The maximum atomic E-state index is 11.3. The van der Waals surface area contributed by atoms with Crippen LogP contribution in [0.4, 0.5) is 0 Å². The molecule has 1 unspecified atom stereocenters. The predicted molar refractivity (Wildman–Crippen MR) is 51.4 cm³/mol. The normalized spacial score (nSPS) is 21.3. The monoisotopic (exact) mass is 197 g/mol. The lowest BCUT2D eigenvalue weighted by Gasteiger charge is -2.15. The summed E-state index contributed by atoms with van der Waals surface area (Å²) >= 11 is 0. The quantitative estimate of drug-likeness (QED) is 0.476. The van der Waals surface area contributed by atoms with E-state index in [9.17, 15) is 4.79 Å². The number of nitrogens with zero attached hydrogens (tertiary/aromatic N) is 1. The molecule has 0 radical (unpaired) electrons. The molecule has 1 amide bonds. The van der Waals surface area contributed by atoms with Crippen LogP contribution >= 0.6 is 0 Å². The molecule has 4 heteroatoms. The van der Waals surface area contributed by atoms with Crippen molar-refractivity contribution < 1.29 is 14.6 Å². The maximum absolute atomic E-state index is 11.3. The van der Waals surface area contributed by atoms with Crippen LogP contribution in [0.3, 0.4) is 0 Å². The third-order valence-corrected chi connectivity index (χ3v) is 2.19. The van der Waals surface area contributed by atoms with Gasteiger partial charge in [-0.2, -0.15) is 0 Å². The van der Waals surface area contributed by atoms with E-state index in [2.05, 4.69) is 5.92 Å². The summed E-state index contributed by atoms with van der Waals surface area (Å²) in [7, 11) is 0. The molecule has 0 bridgehead atoms. The summed E-state index contributed by atoms with van der Waals surface area (Å²) in [6.07, 6.45) is 5.70. The van der Waals surface area contributed by atoms with Gasteiger partial charge in [-0.15, -0.1) is 12.3 Å². The van der Waals surface area contributed by atoms with Crippen LogP contribution in [0.15, 0.2) is 0 Å². The van der Waals surface area contributed by atoms with E-state index in [4.69, 9.17) is 16.3 Å². The van der Waals surface area contributed by atoms with Gasteiger partial charge in [-0.1, -0.05) is 0 Å². The highest BCUT2D eigenvalue weighted by Gasteiger charge is 2.27. The Labute approximate surface area is 83.8 Å². The molecule has 1 aliphatic heterocycles. The minimum absolute atomic E-state index is 0.0148. The van der Waals surface area contributed by atoms with E-state index in [-0.39, 0.29) is 18.4 Å². The third-order valence-electron chi connectivity index (χ3n) is 2.19. The van der Waals surface area contributed by atoms with Crippen molar-refractivity contribution in [2.24, 2.45) is 5.92 Å². The summed E-state index contributed by atoms with van der Waals surface area (Å²) in [5, 5.41) is 8.46. The van der Waals surface area contributed by atoms with E-state index in [1.165, 1.54) is 0 Å². The third kappa shape index (κ3) is 3.02. The molecule has 1 rings (SSSR count). The average Bonchev–Trinajstić information content (AvgIpc) is 2.54. The number of terminal acetylenes is 1. The number of carbonyl (C=O) groups is 1. The van der Waals surface area contributed by atoms with Gasteiger partial charge < -0.3 is 14.7 Å². The van der Waals surface area contributed by atoms with Gasteiger partial charge in [0.15, 0.2) is 0 Å². The summed E-state index contributed by atoms with van der Waals surface area (Å²) in [6.45, 7) is 2.00. The molecule has 1 fully saturated rings.